The van der Waals surface area contributed by atoms with Gasteiger partial charge < -0.3 is 5.11 Å². The molecule has 0 fully saturated rings. The highest BCUT2D eigenvalue weighted by Crippen LogP contribution is 2.35. The van der Waals surface area contributed by atoms with Gasteiger partial charge in [-0.2, -0.15) is 0 Å². The predicted molar refractivity (Wildman–Crippen MR) is 80.3 cm³/mol. The third-order valence-electron chi connectivity index (χ3n) is 3.11. The van der Waals surface area contributed by atoms with Gasteiger partial charge in [-0.3, -0.25) is 0 Å². The Balaban J connectivity index is 2.22. The van der Waals surface area contributed by atoms with Gasteiger partial charge in [0, 0.05) is 5.56 Å². The van der Waals surface area contributed by atoms with Crippen molar-refractivity contribution in [2.45, 2.75) is 19.4 Å². The van der Waals surface area contributed by atoms with Gasteiger partial charge in [0.2, 0.25) is 0 Å². The normalized spacial score (nSPS) is 11.9. The van der Waals surface area contributed by atoms with Crippen molar-refractivity contribution >= 4 is 21.6 Å². The van der Waals surface area contributed by atoms with Crippen LogP contribution in [-0.4, -0.2) is 10.1 Å². The van der Waals surface area contributed by atoms with Crippen LogP contribution in [0.2, 0.25) is 0 Å². The molecule has 0 unspecified atom stereocenters. The van der Waals surface area contributed by atoms with E-state index in [9.17, 15) is 5.11 Å². The third kappa shape index (κ3) is 2.27. The fourth-order valence-electron chi connectivity index (χ4n) is 2.19. The van der Waals surface area contributed by atoms with Crippen molar-refractivity contribution in [1.29, 1.82) is 0 Å². The Labute approximate surface area is 116 Å². The molecular formula is C16H15NOS. The molecule has 0 aliphatic heterocycles. The van der Waals surface area contributed by atoms with Gasteiger partial charge in [-0.25, -0.2) is 4.98 Å². The maximum Gasteiger partial charge on any atom is 0.124 e. The highest BCUT2D eigenvalue weighted by Gasteiger charge is 2.21. The summed E-state index contributed by atoms with van der Waals surface area (Å²) >= 11 is 1.66. The van der Waals surface area contributed by atoms with Crippen molar-refractivity contribution in [2.24, 2.45) is 0 Å². The molecule has 0 aliphatic rings. The van der Waals surface area contributed by atoms with E-state index in [0.29, 0.717) is 0 Å². The van der Waals surface area contributed by atoms with Crippen LogP contribution in [0.15, 0.2) is 48.5 Å². The van der Waals surface area contributed by atoms with Crippen LogP contribution < -0.4 is 0 Å². The lowest BCUT2D eigenvalue weighted by Gasteiger charge is -2.20. The van der Waals surface area contributed by atoms with Crippen LogP contribution in [-0.2, 0) is 5.60 Å². The number of nitrogens with zero attached hydrogens (tertiary/aromatic N) is 1. The van der Waals surface area contributed by atoms with E-state index in [0.717, 1.165) is 21.7 Å². The first-order valence-electron chi connectivity index (χ1n) is 6.23. The Morgan fingerprint density at radius 3 is 2.42 bits per heavy atom. The molecule has 2 nitrogen and oxygen atoms in total. The van der Waals surface area contributed by atoms with Gasteiger partial charge in [0.15, 0.2) is 0 Å². The minimum Gasteiger partial charge on any atom is -0.386 e. The largest absolute Gasteiger partial charge is 0.386 e. The molecule has 3 aromatic rings. The third-order valence-corrected chi connectivity index (χ3v) is 4.18. The van der Waals surface area contributed by atoms with Gasteiger partial charge in [0.1, 0.15) is 5.01 Å². The van der Waals surface area contributed by atoms with Gasteiger partial charge in [0.25, 0.3) is 0 Å². The monoisotopic (exact) mass is 269 g/mol. The maximum absolute atomic E-state index is 10.3. The van der Waals surface area contributed by atoms with Gasteiger partial charge in [0.05, 0.1) is 15.8 Å². The quantitative estimate of drug-likeness (QED) is 0.756. The van der Waals surface area contributed by atoms with Crippen LogP contribution in [0.4, 0.5) is 0 Å². The number of thiazole rings is 1. The molecule has 0 aliphatic carbocycles. The summed E-state index contributed by atoms with van der Waals surface area (Å²) in [4.78, 5) is 4.66. The summed E-state index contributed by atoms with van der Waals surface area (Å²) in [5.74, 6) is 0. The summed E-state index contributed by atoms with van der Waals surface area (Å²) < 4.78 is 1.17. The fourth-order valence-corrected chi connectivity index (χ4v) is 3.20. The van der Waals surface area contributed by atoms with E-state index in [-0.39, 0.29) is 0 Å². The van der Waals surface area contributed by atoms with Crippen molar-refractivity contribution in [2.75, 3.05) is 0 Å². The second-order valence-electron chi connectivity index (χ2n) is 5.09. The Bertz CT molecular complexity index is 692. The van der Waals surface area contributed by atoms with Crippen LogP contribution in [0.5, 0.6) is 0 Å². The predicted octanol–water partition coefficient (Wildman–Crippen LogP) is 4.19. The lowest BCUT2D eigenvalue weighted by atomic mass is 9.93. The zero-order chi connectivity index (χ0) is 13.5. The van der Waals surface area contributed by atoms with E-state index >= 15 is 0 Å². The number of rotatable bonds is 2. The molecule has 3 rings (SSSR count). The minimum atomic E-state index is -0.867. The first kappa shape index (κ1) is 12.3. The summed E-state index contributed by atoms with van der Waals surface area (Å²) in [5.41, 5.74) is 2.06. The zero-order valence-corrected chi connectivity index (χ0v) is 11.7. The van der Waals surface area contributed by atoms with Crippen LogP contribution in [0.1, 0.15) is 19.4 Å². The van der Waals surface area contributed by atoms with Crippen molar-refractivity contribution in [3.05, 3.63) is 54.1 Å². The summed E-state index contributed by atoms with van der Waals surface area (Å²) in [6.45, 7) is 3.61. The smallest absolute Gasteiger partial charge is 0.124 e. The van der Waals surface area contributed by atoms with E-state index in [1.165, 1.54) is 4.70 Å². The van der Waals surface area contributed by atoms with Gasteiger partial charge >= 0.3 is 0 Å². The molecule has 1 N–H and O–H groups in total. The lowest BCUT2D eigenvalue weighted by Crippen LogP contribution is -2.16. The van der Waals surface area contributed by atoms with Crippen LogP contribution >= 0.6 is 11.3 Å². The molecule has 0 atom stereocenters. The number of benzene rings is 2. The van der Waals surface area contributed by atoms with E-state index in [1.54, 1.807) is 25.2 Å². The molecule has 0 amide bonds. The first-order chi connectivity index (χ1) is 9.05. The lowest BCUT2D eigenvalue weighted by molar-refractivity contribution is 0.0792. The number of aromatic nitrogens is 1. The molecule has 2 aromatic carbocycles. The van der Waals surface area contributed by atoms with E-state index in [4.69, 9.17) is 0 Å². The van der Waals surface area contributed by atoms with Gasteiger partial charge in [-0.1, -0.05) is 36.4 Å². The van der Waals surface area contributed by atoms with E-state index in [2.05, 4.69) is 11.1 Å². The molecular weight excluding hydrogens is 254 g/mol. The molecule has 0 saturated carbocycles. The van der Waals surface area contributed by atoms with E-state index in [1.807, 2.05) is 42.5 Å². The second kappa shape index (κ2) is 4.44. The van der Waals surface area contributed by atoms with Crippen molar-refractivity contribution in [1.82, 2.24) is 4.98 Å². The highest BCUT2D eigenvalue weighted by atomic mass is 32.1. The molecule has 1 aromatic heterocycles. The first-order valence-corrected chi connectivity index (χ1v) is 7.05. The Morgan fingerprint density at radius 2 is 1.68 bits per heavy atom. The van der Waals surface area contributed by atoms with Gasteiger partial charge in [-0.05, 0) is 31.5 Å². The fraction of sp³-hybridized carbons (Fsp3) is 0.188. The van der Waals surface area contributed by atoms with Crippen molar-refractivity contribution in [3.8, 4) is 10.6 Å². The Hall–Kier alpha value is -1.71. The number of hydrogen-bond donors (Lipinski definition) is 1. The SMILES string of the molecule is CC(C)(O)c1ccccc1-c1nc2ccccc2s1. The maximum atomic E-state index is 10.3. The highest BCUT2D eigenvalue weighted by molar-refractivity contribution is 7.21. The van der Waals surface area contributed by atoms with Crippen LogP contribution in [0, 0.1) is 0 Å². The second-order valence-corrected chi connectivity index (χ2v) is 6.12. The van der Waals surface area contributed by atoms with Crippen molar-refractivity contribution in [3.63, 3.8) is 0 Å². The number of fused-ring (bicyclic) bond motifs is 1. The molecule has 1 heterocycles. The average Bonchev–Trinajstić information content (AvgIpc) is 2.81. The Morgan fingerprint density at radius 1 is 1.00 bits per heavy atom. The molecule has 0 spiro atoms. The topological polar surface area (TPSA) is 33.1 Å². The summed E-state index contributed by atoms with van der Waals surface area (Å²) in [5, 5.41) is 11.2. The minimum absolute atomic E-state index is 0.867. The number of hydrogen-bond acceptors (Lipinski definition) is 3. The molecule has 0 bridgehead atoms. The Kier molecular flexibility index (Phi) is 2.88. The average molecular weight is 269 g/mol. The molecule has 19 heavy (non-hydrogen) atoms. The van der Waals surface area contributed by atoms with Crippen LogP contribution in [0.25, 0.3) is 20.8 Å². The molecule has 96 valence electrons. The summed E-state index contributed by atoms with van der Waals surface area (Å²) in [6.07, 6.45) is 0. The number of aliphatic hydroxyl groups is 1. The van der Waals surface area contributed by atoms with Crippen LogP contribution in [0.3, 0.4) is 0 Å². The zero-order valence-electron chi connectivity index (χ0n) is 10.9. The summed E-state index contributed by atoms with van der Waals surface area (Å²) in [6, 6.07) is 16.0. The van der Waals surface area contributed by atoms with E-state index < -0.39 is 5.60 Å². The standard InChI is InChI=1S/C16H15NOS/c1-16(2,18)12-8-4-3-7-11(12)15-17-13-9-5-6-10-14(13)19-15/h3-10,18H,1-2H3. The van der Waals surface area contributed by atoms with Crippen molar-refractivity contribution < 1.29 is 5.11 Å². The van der Waals surface area contributed by atoms with Gasteiger partial charge in [-0.15, -0.1) is 11.3 Å². The molecule has 3 heteroatoms. The molecule has 0 radical (unpaired) electrons. The number of para-hydroxylation sites is 1. The molecule has 0 saturated heterocycles. The summed E-state index contributed by atoms with van der Waals surface area (Å²) in [7, 11) is 0.